The van der Waals surface area contributed by atoms with Gasteiger partial charge < -0.3 is 9.67 Å². The highest BCUT2D eigenvalue weighted by Crippen LogP contribution is 2.30. The van der Waals surface area contributed by atoms with Gasteiger partial charge in [0.2, 0.25) is 0 Å². The van der Waals surface area contributed by atoms with Gasteiger partial charge in [-0.15, -0.1) is 0 Å². The van der Waals surface area contributed by atoms with E-state index in [-0.39, 0.29) is 0 Å². The standard InChI is InChI=1S/C19H25N3O2/c1-14(2)10-22-13-20-9-16(22)12-21-8-7-15(11-21)17-5-3-4-6-18(17)19(23)24/h3-6,9,13-15H,7-8,10-12H2,1-2H3,(H,23,24)/t15-/m0/s1. The lowest BCUT2D eigenvalue weighted by Gasteiger charge is -2.18. The van der Waals surface area contributed by atoms with E-state index in [2.05, 4.69) is 28.3 Å². The first-order valence-electron chi connectivity index (χ1n) is 8.58. The fourth-order valence-electron chi connectivity index (χ4n) is 3.54. The molecule has 0 unspecified atom stereocenters. The number of carboxylic acids is 1. The van der Waals surface area contributed by atoms with Crippen LogP contribution in [0.2, 0.25) is 0 Å². The molecular formula is C19H25N3O2. The normalized spacial score (nSPS) is 18.4. The number of carbonyl (C=O) groups is 1. The lowest BCUT2D eigenvalue weighted by Crippen LogP contribution is -2.22. The number of hydrogen-bond donors (Lipinski definition) is 1. The zero-order chi connectivity index (χ0) is 17.1. The van der Waals surface area contributed by atoms with Crippen molar-refractivity contribution in [1.29, 1.82) is 0 Å². The Kier molecular flexibility index (Phi) is 5.00. The van der Waals surface area contributed by atoms with Crippen LogP contribution >= 0.6 is 0 Å². The molecule has 0 aliphatic carbocycles. The summed E-state index contributed by atoms with van der Waals surface area (Å²) in [5, 5.41) is 9.39. The van der Waals surface area contributed by atoms with E-state index < -0.39 is 5.97 Å². The van der Waals surface area contributed by atoms with Crippen molar-refractivity contribution in [2.75, 3.05) is 13.1 Å². The fourth-order valence-corrected chi connectivity index (χ4v) is 3.54. The molecule has 1 aromatic heterocycles. The van der Waals surface area contributed by atoms with Crippen LogP contribution in [-0.2, 0) is 13.1 Å². The summed E-state index contributed by atoms with van der Waals surface area (Å²) in [5.74, 6) is 0.0459. The van der Waals surface area contributed by atoms with Crippen molar-refractivity contribution in [3.63, 3.8) is 0 Å². The first kappa shape index (κ1) is 16.7. The van der Waals surface area contributed by atoms with Crippen LogP contribution in [0.25, 0.3) is 0 Å². The van der Waals surface area contributed by atoms with Gasteiger partial charge in [0.15, 0.2) is 0 Å². The minimum Gasteiger partial charge on any atom is -0.478 e. The molecule has 0 saturated carbocycles. The SMILES string of the molecule is CC(C)Cn1cncc1CN1CC[C@H](c2ccccc2C(=O)O)C1. The second-order valence-electron chi connectivity index (χ2n) is 7.04. The van der Waals surface area contributed by atoms with Gasteiger partial charge in [0.05, 0.1) is 17.6 Å². The maximum Gasteiger partial charge on any atom is 0.335 e. The number of benzene rings is 1. The molecule has 1 saturated heterocycles. The van der Waals surface area contributed by atoms with E-state index in [1.54, 1.807) is 12.1 Å². The quantitative estimate of drug-likeness (QED) is 0.885. The summed E-state index contributed by atoms with van der Waals surface area (Å²) >= 11 is 0. The number of hydrogen-bond acceptors (Lipinski definition) is 3. The maximum atomic E-state index is 11.4. The van der Waals surface area contributed by atoms with Gasteiger partial charge >= 0.3 is 5.97 Å². The summed E-state index contributed by atoms with van der Waals surface area (Å²) in [7, 11) is 0. The Bertz CT molecular complexity index is 708. The van der Waals surface area contributed by atoms with Crippen molar-refractivity contribution in [2.24, 2.45) is 5.92 Å². The number of aromatic nitrogens is 2. The molecule has 1 fully saturated rings. The molecule has 1 N–H and O–H groups in total. The van der Waals surface area contributed by atoms with E-state index in [9.17, 15) is 9.90 Å². The predicted molar refractivity (Wildman–Crippen MR) is 93.1 cm³/mol. The maximum absolute atomic E-state index is 11.4. The highest BCUT2D eigenvalue weighted by molar-refractivity contribution is 5.89. The molecule has 5 nitrogen and oxygen atoms in total. The highest BCUT2D eigenvalue weighted by atomic mass is 16.4. The van der Waals surface area contributed by atoms with Gasteiger partial charge in [-0.2, -0.15) is 0 Å². The van der Waals surface area contributed by atoms with Crippen molar-refractivity contribution in [1.82, 2.24) is 14.5 Å². The van der Waals surface area contributed by atoms with Crippen LogP contribution in [0.3, 0.4) is 0 Å². The van der Waals surface area contributed by atoms with Gasteiger partial charge in [-0.1, -0.05) is 32.0 Å². The van der Waals surface area contributed by atoms with E-state index in [0.29, 0.717) is 17.4 Å². The number of nitrogens with zero attached hydrogens (tertiary/aromatic N) is 3. The fraction of sp³-hybridized carbons (Fsp3) is 0.474. The van der Waals surface area contributed by atoms with Crippen LogP contribution < -0.4 is 0 Å². The third-order valence-electron chi connectivity index (χ3n) is 4.65. The molecule has 24 heavy (non-hydrogen) atoms. The summed E-state index contributed by atoms with van der Waals surface area (Å²) in [6, 6.07) is 7.39. The topological polar surface area (TPSA) is 58.4 Å². The monoisotopic (exact) mass is 327 g/mol. The second-order valence-corrected chi connectivity index (χ2v) is 7.04. The summed E-state index contributed by atoms with van der Waals surface area (Å²) < 4.78 is 2.23. The van der Waals surface area contributed by atoms with E-state index in [0.717, 1.165) is 38.2 Å². The largest absolute Gasteiger partial charge is 0.478 e. The number of carboxylic acid groups (broad SMARTS) is 1. The van der Waals surface area contributed by atoms with Crippen LogP contribution in [-0.4, -0.2) is 38.6 Å². The summed E-state index contributed by atoms with van der Waals surface area (Å²) in [6.07, 6.45) is 4.85. The van der Waals surface area contributed by atoms with Gasteiger partial charge in [-0.25, -0.2) is 9.78 Å². The van der Waals surface area contributed by atoms with Crippen LogP contribution in [0.5, 0.6) is 0 Å². The highest BCUT2D eigenvalue weighted by Gasteiger charge is 2.27. The minimum atomic E-state index is -0.834. The lowest BCUT2D eigenvalue weighted by molar-refractivity contribution is 0.0695. The molecule has 0 spiro atoms. The number of aromatic carboxylic acids is 1. The molecule has 0 bridgehead atoms. The summed E-state index contributed by atoms with van der Waals surface area (Å²) in [5.41, 5.74) is 2.63. The van der Waals surface area contributed by atoms with Crippen molar-refractivity contribution in [3.05, 3.63) is 53.6 Å². The van der Waals surface area contributed by atoms with Gasteiger partial charge in [0, 0.05) is 25.8 Å². The summed E-state index contributed by atoms with van der Waals surface area (Å²) in [4.78, 5) is 18.1. The third kappa shape index (κ3) is 3.67. The molecule has 2 heterocycles. The molecule has 1 aromatic carbocycles. The molecule has 2 aromatic rings. The van der Waals surface area contributed by atoms with Gasteiger partial charge in [0.1, 0.15) is 0 Å². The molecule has 3 rings (SSSR count). The van der Waals surface area contributed by atoms with Crippen molar-refractivity contribution < 1.29 is 9.90 Å². The van der Waals surface area contributed by atoms with Gasteiger partial charge in [-0.3, -0.25) is 4.90 Å². The van der Waals surface area contributed by atoms with E-state index in [1.165, 1.54) is 5.69 Å². The Morgan fingerprint density at radius 2 is 2.17 bits per heavy atom. The average molecular weight is 327 g/mol. The molecule has 1 aliphatic rings. The molecule has 1 atom stereocenters. The minimum absolute atomic E-state index is 0.291. The van der Waals surface area contributed by atoms with Crippen molar-refractivity contribution >= 4 is 5.97 Å². The molecule has 0 amide bonds. The third-order valence-corrected chi connectivity index (χ3v) is 4.65. The van der Waals surface area contributed by atoms with E-state index in [1.807, 2.05) is 24.7 Å². The Hall–Kier alpha value is -2.14. The van der Waals surface area contributed by atoms with Crippen LogP contribution in [0.15, 0.2) is 36.8 Å². The van der Waals surface area contributed by atoms with Gasteiger partial charge in [-0.05, 0) is 36.4 Å². The van der Waals surface area contributed by atoms with Gasteiger partial charge in [0.25, 0.3) is 0 Å². The van der Waals surface area contributed by atoms with Crippen LogP contribution in [0, 0.1) is 5.92 Å². The molecule has 0 radical (unpaired) electrons. The van der Waals surface area contributed by atoms with Crippen LogP contribution in [0.4, 0.5) is 0 Å². The Morgan fingerprint density at radius 1 is 1.38 bits per heavy atom. The zero-order valence-electron chi connectivity index (χ0n) is 14.4. The second kappa shape index (κ2) is 7.18. The zero-order valence-corrected chi connectivity index (χ0v) is 14.4. The van der Waals surface area contributed by atoms with E-state index in [4.69, 9.17) is 0 Å². The number of rotatable bonds is 6. The Balaban J connectivity index is 1.68. The Labute approximate surface area is 142 Å². The average Bonchev–Trinajstić information content (AvgIpc) is 3.17. The van der Waals surface area contributed by atoms with Crippen molar-refractivity contribution in [3.8, 4) is 0 Å². The first-order valence-corrected chi connectivity index (χ1v) is 8.58. The molecule has 1 aliphatic heterocycles. The predicted octanol–water partition coefficient (Wildman–Crippen LogP) is 3.23. The Morgan fingerprint density at radius 3 is 2.92 bits per heavy atom. The number of likely N-dealkylation sites (tertiary alicyclic amines) is 1. The molecular weight excluding hydrogens is 302 g/mol. The summed E-state index contributed by atoms with van der Waals surface area (Å²) in [6.45, 7) is 8.16. The lowest BCUT2D eigenvalue weighted by atomic mass is 9.93. The van der Waals surface area contributed by atoms with Crippen LogP contribution in [0.1, 0.15) is 47.8 Å². The van der Waals surface area contributed by atoms with E-state index >= 15 is 0 Å². The smallest absolute Gasteiger partial charge is 0.335 e. The molecule has 5 heteroatoms. The molecule has 128 valence electrons. The first-order chi connectivity index (χ1) is 11.5. The van der Waals surface area contributed by atoms with Crippen molar-refractivity contribution in [2.45, 2.75) is 39.3 Å². The number of imidazole rings is 1.